The monoisotopic (exact) mass is 204 g/mol. The summed E-state index contributed by atoms with van der Waals surface area (Å²) in [7, 11) is 0. The van der Waals surface area contributed by atoms with E-state index in [1.807, 2.05) is 24.3 Å². The molecule has 0 saturated heterocycles. The first-order valence-electron chi connectivity index (χ1n) is 5.17. The molecule has 0 aliphatic rings. The number of allylic oxidation sites excluding steroid dienone is 1. The van der Waals surface area contributed by atoms with Gasteiger partial charge in [0.1, 0.15) is 5.75 Å². The average Bonchev–Trinajstić information content (AvgIpc) is 2.18. The number of carbonyl (C=O) groups excluding carboxylic acids is 1. The van der Waals surface area contributed by atoms with Crippen molar-refractivity contribution in [2.75, 3.05) is 0 Å². The first-order chi connectivity index (χ1) is 7.22. The van der Waals surface area contributed by atoms with E-state index >= 15 is 0 Å². The first kappa shape index (κ1) is 11.5. The lowest BCUT2D eigenvalue weighted by molar-refractivity contribution is -0.131. The van der Waals surface area contributed by atoms with Crippen LogP contribution in [0.5, 0.6) is 5.75 Å². The molecule has 0 heterocycles. The molecule has 2 nitrogen and oxygen atoms in total. The van der Waals surface area contributed by atoms with Gasteiger partial charge in [0.05, 0.1) is 0 Å². The maximum Gasteiger partial charge on any atom is 0.308 e. The molecule has 15 heavy (non-hydrogen) atoms. The predicted octanol–water partition coefficient (Wildman–Crippen LogP) is 3.43. The van der Waals surface area contributed by atoms with Crippen LogP contribution >= 0.6 is 0 Å². The highest BCUT2D eigenvalue weighted by atomic mass is 16.5. The maximum atomic E-state index is 10.7. The van der Waals surface area contributed by atoms with E-state index in [4.69, 9.17) is 4.74 Å². The summed E-state index contributed by atoms with van der Waals surface area (Å²) in [5, 5.41) is 0. The molecule has 1 aromatic rings. The normalized spacial score (nSPS) is 10.5. The van der Waals surface area contributed by atoms with E-state index in [9.17, 15) is 4.79 Å². The Labute approximate surface area is 90.6 Å². The number of hydrogen-bond donors (Lipinski definition) is 0. The number of rotatable bonds is 4. The van der Waals surface area contributed by atoms with Gasteiger partial charge in [-0.15, -0.1) is 0 Å². The SMILES string of the molecule is CCC/C=C/c1cccc(OC(C)=O)c1. The lowest BCUT2D eigenvalue weighted by atomic mass is 10.2. The van der Waals surface area contributed by atoms with Gasteiger partial charge in [0.25, 0.3) is 0 Å². The molecule has 0 aliphatic carbocycles. The molecule has 1 rings (SSSR count). The smallest absolute Gasteiger partial charge is 0.308 e. The van der Waals surface area contributed by atoms with E-state index in [2.05, 4.69) is 13.0 Å². The molecule has 0 radical (unpaired) electrons. The molecule has 0 N–H and O–H groups in total. The summed E-state index contributed by atoms with van der Waals surface area (Å²) < 4.78 is 4.99. The minimum absolute atomic E-state index is 0.287. The lowest BCUT2D eigenvalue weighted by Gasteiger charge is -2.01. The lowest BCUT2D eigenvalue weighted by Crippen LogP contribution is -2.00. The van der Waals surface area contributed by atoms with Crippen LogP contribution in [0.25, 0.3) is 6.08 Å². The quantitative estimate of drug-likeness (QED) is 0.555. The zero-order valence-electron chi connectivity index (χ0n) is 9.19. The molecule has 0 fully saturated rings. The van der Waals surface area contributed by atoms with Gasteiger partial charge in [-0.2, -0.15) is 0 Å². The molecule has 1 aromatic carbocycles. The van der Waals surface area contributed by atoms with Gasteiger partial charge in [-0.25, -0.2) is 0 Å². The van der Waals surface area contributed by atoms with E-state index in [1.165, 1.54) is 6.92 Å². The van der Waals surface area contributed by atoms with Crippen molar-refractivity contribution in [2.45, 2.75) is 26.7 Å². The molecular weight excluding hydrogens is 188 g/mol. The Hall–Kier alpha value is -1.57. The molecule has 0 aromatic heterocycles. The summed E-state index contributed by atoms with van der Waals surface area (Å²) in [5.74, 6) is 0.311. The molecule has 2 heteroatoms. The van der Waals surface area contributed by atoms with Crippen LogP contribution in [0.2, 0.25) is 0 Å². The Morgan fingerprint density at radius 1 is 1.47 bits per heavy atom. The van der Waals surface area contributed by atoms with E-state index in [0.717, 1.165) is 18.4 Å². The van der Waals surface area contributed by atoms with Crippen molar-refractivity contribution in [3.05, 3.63) is 35.9 Å². The molecular formula is C13H16O2. The third-order valence-corrected chi connectivity index (χ3v) is 1.89. The number of carbonyl (C=O) groups is 1. The van der Waals surface area contributed by atoms with Crippen LogP contribution in [0.3, 0.4) is 0 Å². The van der Waals surface area contributed by atoms with Crippen LogP contribution in [0.1, 0.15) is 32.3 Å². The molecule has 0 spiro atoms. The van der Waals surface area contributed by atoms with Crippen molar-refractivity contribution in [1.29, 1.82) is 0 Å². The van der Waals surface area contributed by atoms with Crippen LogP contribution in [0.4, 0.5) is 0 Å². The predicted molar refractivity (Wildman–Crippen MR) is 61.7 cm³/mol. The fourth-order valence-electron chi connectivity index (χ4n) is 1.23. The summed E-state index contributed by atoms with van der Waals surface area (Å²) in [5.41, 5.74) is 1.06. The van der Waals surface area contributed by atoms with Crippen LogP contribution in [-0.2, 0) is 4.79 Å². The maximum absolute atomic E-state index is 10.7. The highest BCUT2D eigenvalue weighted by molar-refractivity contribution is 5.69. The van der Waals surface area contributed by atoms with Crippen LogP contribution < -0.4 is 4.74 Å². The van der Waals surface area contributed by atoms with E-state index in [1.54, 1.807) is 6.07 Å². The summed E-state index contributed by atoms with van der Waals surface area (Å²) in [6.07, 6.45) is 6.36. The Kier molecular flexibility index (Phi) is 4.61. The topological polar surface area (TPSA) is 26.3 Å². The molecule has 0 aliphatic heterocycles. The number of unbranched alkanes of at least 4 members (excludes halogenated alkanes) is 1. The fourth-order valence-corrected chi connectivity index (χ4v) is 1.23. The molecule has 0 unspecified atom stereocenters. The van der Waals surface area contributed by atoms with Crippen molar-refractivity contribution in [3.63, 3.8) is 0 Å². The Balaban J connectivity index is 2.69. The minimum atomic E-state index is -0.287. The number of benzene rings is 1. The van der Waals surface area contributed by atoms with E-state index in [-0.39, 0.29) is 5.97 Å². The fraction of sp³-hybridized carbons (Fsp3) is 0.308. The Morgan fingerprint density at radius 2 is 2.27 bits per heavy atom. The van der Waals surface area contributed by atoms with Gasteiger partial charge in [-0.3, -0.25) is 4.79 Å². The third kappa shape index (κ3) is 4.45. The zero-order valence-corrected chi connectivity index (χ0v) is 9.19. The third-order valence-electron chi connectivity index (χ3n) is 1.89. The van der Waals surface area contributed by atoms with Gasteiger partial charge in [0.2, 0.25) is 0 Å². The highest BCUT2D eigenvalue weighted by Crippen LogP contribution is 2.14. The second-order valence-corrected chi connectivity index (χ2v) is 3.36. The summed E-state index contributed by atoms with van der Waals surface area (Å²) in [4.78, 5) is 10.7. The molecule has 0 saturated carbocycles. The molecule has 80 valence electrons. The van der Waals surface area contributed by atoms with Gasteiger partial charge in [0, 0.05) is 6.92 Å². The first-order valence-corrected chi connectivity index (χ1v) is 5.17. The number of esters is 1. The van der Waals surface area contributed by atoms with Crippen molar-refractivity contribution in [1.82, 2.24) is 0 Å². The van der Waals surface area contributed by atoms with Gasteiger partial charge in [-0.1, -0.05) is 37.6 Å². The van der Waals surface area contributed by atoms with Crippen LogP contribution in [0, 0.1) is 0 Å². The van der Waals surface area contributed by atoms with Crippen molar-refractivity contribution in [2.24, 2.45) is 0 Å². The molecule has 0 amide bonds. The van der Waals surface area contributed by atoms with Gasteiger partial charge in [0.15, 0.2) is 0 Å². The number of ether oxygens (including phenoxy) is 1. The summed E-state index contributed by atoms with van der Waals surface area (Å²) in [6.45, 7) is 3.54. The Bertz CT molecular complexity index is 353. The second-order valence-electron chi connectivity index (χ2n) is 3.36. The second kappa shape index (κ2) is 6.02. The van der Waals surface area contributed by atoms with Crippen molar-refractivity contribution >= 4 is 12.0 Å². The highest BCUT2D eigenvalue weighted by Gasteiger charge is 1.97. The summed E-state index contributed by atoms with van der Waals surface area (Å²) >= 11 is 0. The van der Waals surface area contributed by atoms with E-state index in [0.29, 0.717) is 5.75 Å². The van der Waals surface area contributed by atoms with E-state index < -0.39 is 0 Å². The van der Waals surface area contributed by atoms with Gasteiger partial charge >= 0.3 is 5.97 Å². The average molecular weight is 204 g/mol. The van der Waals surface area contributed by atoms with Crippen molar-refractivity contribution in [3.8, 4) is 5.75 Å². The van der Waals surface area contributed by atoms with Crippen LogP contribution in [-0.4, -0.2) is 5.97 Å². The summed E-state index contributed by atoms with van der Waals surface area (Å²) in [6, 6.07) is 7.50. The van der Waals surface area contributed by atoms with Crippen molar-refractivity contribution < 1.29 is 9.53 Å². The van der Waals surface area contributed by atoms with Gasteiger partial charge in [-0.05, 0) is 24.1 Å². The molecule has 0 atom stereocenters. The number of hydrogen-bond acceptors (Lipinski definition) is 2. The van der Waals surface area contributed by atoms with Crippen LogP contribution in [0.15, 0.2) is 30.3 Å². The minimum Gasteiger partial charge on any atom is -0.427 e. The zero-order chi connectivity index (χ0) is 11.1. The van der Waals surface area contributed by atoms with Gasteiger partial charge < -0.3 is 4.74 Å². The largest absolute Gasteiger partial charge is 0.427 e. The molecule has 0 bridgehead atoms. The Morgan fingerprint density at radius 3 is 2.93 bits per heavy atom. The standard InChI is InChI=1S/C13H16O2/c1-3-4-5-7-12-8-6-9-13(10-12)15-11(2)14/h5-10H,3-4H2,1-2H3/b7-5+.